The van der Waals surface area contributed by atoms with Gasteiger partial charge in [-0.1, -0.05) is 42.5 Å². The number of carbonyl (C=O) groups is 1. The number of anilines is 1. The number of hydrazone groups is 1. The second-order valence-corrected chi connectivity index (χ2v) is 6.69. The molecule has 0 saturated carbocycles. The van der Waals surface area contributed by atoms with Crippen LogP contribution in [-0.4, -0.2) is 47.4 Å². The van der Waals surface area contributed by atoms with Crippen LogP contribution < -0.4 is 11.2 Å². The SMILES string of the molecule is CN1CCC(O)(/C(=N\NC(=O)c2ccccc2N)c2ccccc2)CC1. The van der Waals surface area contributed by atoms with Gasteiger partial charge in [-0.3, -0.25) is 4.79 Å². The molecule has 1 heterocycles. The van der Waals surface area contributed by atoms with E-state index in [1.54, 1.807) is 24.3 Å². The highest BCUT2D eigenvalue weighted by Crippen LogP contribution is 2.26. The maximum Gasteiger partial charge on any atom is 0.273 e. The zero-order valence-corrected chi connectivity index (χ0v) is 14.9. The fourth-order valence-corrected chi connectivity index (χ4v) is 3.13. The predicted octanol–water partition coefficient (Wildman–Crippen LogP) is 1.86. The van der Waals surface area contributed by atoms with Crippen molar-refractivity contribution < 1.29 is 9.90 Å². The number of piperidine rings is 1. The number of nitrogen functional groups attached to an aromatic ring is 1. The summed E-state index contributed by atoms with van der Waals surface area (Å²) in [5, 5.41) is 15.5. The third kappa shape index (κ3) is 3.92. The quantitative estimate of drug-likeness (QED) is 0.445. The second kappa shape index (κ2) is 7.68. The van der Waals surface area contributed by atoms with Crippen molar-refractivity contribution in [2.24, 2.45) is 5.10 Å². The number of likely N-dealkylation sites (tertiary alicyclic amines) is 1. The molecule has 4 N–H and O–H groups in total. The fraction of sp³-hybridized carbons (Fsp3) is 0.300. The molecule has 1 fully saturated rings. The van der Waals surface area contributed by atoms with Gasteiger partial charge in [-0.05, 0) is 32.0 Å². The number of hydrogen-bond donors (Lipinski definition) is 3. The van der Waals surface area contributed by atoms with Crippen molar-refractivity contribution in [1.29, 1.82) is 0 Å². The van der Waals surface area contributed by atoms with E-state index in [9.17, 15) is 9.90 Å². The number of hydrogen-bond acceptors (Lipinski definition) is 5. The van der Waals surface area contributed by atoms with Gasteiger partial charge in [0.05, 0.1) is 11.3 Å². The van der Waals surface area contributed by atoms with Crippen LogP contribution in [-0.2, 0) is 0 Å². The normalized spacial score (nSPS) is 17.7. The van der Waals surface area contributed by atoms with E-state index in [0.29, 0.717) is 29.8 Å². The lowest BCUT2D eigenvalue weighted by molar-refractivity contribution is 0.0437. The Labute approximate surface area is 153 Å². The number of nitrogens with zero attached hydrogens (tertiary/aromatic N) is 2. The Kier molecular flexibility index (Phi) is 5.35. The molecule has 3 rings (SSSR count). The first-order valence-corrected chi connectivity index (χ1v) is 8.69. The monoisotopic (exact) mass is 352 g/mol. The molecule has 0 atom stereocenters. The number of amides is 1. The summed E-state index contributed by atoms with van der Waals surface area (Å²) in [6.07, 6.45) is 1.11. The first-order valence-electron chi connectivity index (χ1n) is 8.69. The predicted molar refractivity (Wildman–Crippen MR) is 103 cm³/mol. The van der Waals surface area contributed by atoms with Gasteiger partial charge in [0, 0.05) is 24.3 Å². The summed E-state index contributed by atoms with van der Waals surface area (Å²) in [6, 6.07) is 16.3. The molecule has 0 radical (unpaired) electrons. The highest BCUT2D eigenvalue weighted by atomic mass is 16.3. The highest BCUT2D eigenvalue weighted by molar-refractivity contribution is 6.08. The standard InChI is InChI=1S/C20H24N4O2/c1-24-13-11-20(26,12-14-24)18(15-7-3-2-4-8-15)22-23-19(25)16-9-5-6-10-17(16)21/h2-10,26H,11-14,21H2,1H3,(H,23,25)/b22-18-. The summed E-state index contributed by atoms with van der Waals surface area (Å²) < 4.78 is 0. The van der Waals surface area contributed by atoms with Crippen molar-refractivity contribution in [2.75, 3.05) is 25.9 Å². The van der Waals surface area contributed by atoms with Gasteiger partial charge in [-0.15, -0.1) is 0 Å². The van der Waals surface area contributed by atoms with E-state index in [2.05, 4.69) is 15.4 Å². The largest absolute Gasteiger partial charge is 0.398 e. The third-order valence-electron chi connectivity index (χ3n) is 4.78. The van der Waals surface area contributed by atoms with Crippen LogP contribution in [0.4, 0.5) is 5.69 Å². The van der Waals surface area contributed by atoms with Gasteiger partial charge in [0.15, 0.2) is 0 Å². The fourth-order valence-electron chi connectivity index (χ4n) is 3.13. The molecule has 6 nitrogen and oxygen atoms in total. The van der Waals surface area contributed by atoms with Crippen LogP contribution in [0.15, 0.2) is 59.7 Å². The van der Waals surface area contributed by atoms with Gasteiger partial charge in [0.2, 0.25) is 0 Å². The van der Waals surface area contributed by atoms with Crippen LogP contribution in [0, 0.1) is 0 Å². The Balaban J connectivity index is 1.90. The lowest BCUT2D eigenvalue weighted by atomic mass is 9.83. The average molecular weight is 352 g/mol. The minimum absolute atomic E-state index is 0.360. The van der Waals surface area contributed by atoms with Crippen molar-refractivity contribution in [1.82, 2.24) is 10.3 Å². The number of benzene rings is 2. The summed E-state index contributed by atoms with van der Waals surface area (Å²) >= 11 is 0. The topological polar surface area (TPSA) is 91.0 Å². The van der Waals surface area contributed by atoms with Crippen molar-refractivity contribution in [2.45, 2.75) is 18.4 Å². The summed E-state index contributed by atoms with van der Waals surface area (Å²) in [5.41, 5.74) is 9.37. The van der Waals surface area contributed by atoms with Gasteiger partial charge in [0.1, 0.15) is 5.60 Å². The third-order valence-corrected chi connectivity index (χ3v) is 4.78. The number of nitrogens with two attached hydrogens (primary N) is 1. The molecule has 1 aliphatic heterocycles. The number of nitrogens with one attached hydrogen (secondary N) is 1. The van der Waals surface area contributed by atoms with Gasteiger partial charge in [0.25, 0.3) is 5.91 Å². The van der Waals surface area contributed by atoms with Gasteiger partial charge < -0.3 is 15.7 Å². The highest BCUT2D eigenvalue weighted by Gasteiger charge is 2.37. The van der Waals surface area contributed by atoms with Crippen LogP contribution in [0.3, 0.4) is 0 Å². The number of rotatable bonds is 4. The number of carbonyl (C=O) groups excluding carboxylic acids is 1. The van der Waals surface area contributed by atoms with E-state index < -0.39 is 11.5 Å². The maximum atomic E-state index is 12.5. The number of para-hydroxylation sites is 1. The van der Waals surface area contributed by atoms with Crippen molar-refractivity contribution >= 4 is 17.3 Å². The van der Waals surface area contributed by atoms with E-state index in [0.717, 1.165) is 18.7 Å². The van der Waals surface area contributed by atoms with Crippen LogP contribution >= 0.6 is 0 Å². The van der Waals surface area contributed by atoms with Crippen LogP contribution in [0.2, 0.25) is 0 Å². The van der Waals surface area contributed by atoms with E-state index in [1.165, 1.54) is 0 Å². The molecule has 136 valence electrons. The molecule has 0 spiro atoms. The molecular weight excluding hydrogens is 328 g/mol. The zero-order valence-electron chi connectivity index (χ0n) is 14.9. The Bertz CT molecular complexity index is 796. The first kappa shape index (κ1) is 18.1. The summed E-state index contributed by atoms with van der Waals surface area (Å²) in [6.45, 7) is 1.53. The van der Waals surface area contributed by atoms with Crippen molar-refractivity contribution in [3.05, 3.63) is 65.7 Å². The maximum absolute atomic E-state index is 12.5. The molecule has 2 aromatic carbocycles. The molecule has 0 aliphatic carbocycles. The van der Waals surface area contributed by atoms with Gasteiger partial charge in [-0.2, -0.15) is 5.10 Å². The lowest BCUT2D eigenvalue weighted by Gasteiger charge is -2.37. The Morgan fingerprint density at radius 1 is 1.12 bits per heavy atom. The summed E-state index contributed by atoms with van der Waals surface area (Å²) in [5.74, 6) is -0.395. The smallest absolute Gasteiger partial charge is 0.273 e. The zero-order chi connectivity index (χ0) is 18.6. The Morgan fingerprint density at radius 3 is 2.38 bits per heavy atom. The minimum atomic E-state index is -1.08. The average Bonchev–Trinajstić information content (AvgIpc) is 2.65. The molecule has 1 aliphatic rings. The van der Waals surface area contributed by atoms with Crippen LogP contribution in [0.5, 0.6) is 0 Å². The van der Waals surface area contributed by atoms with Crippen molar-refractivity contribution in [3.8, 4) is 0 Å². The van der Waals surface area contributed by atoms with E-state index in [1.807, 2.05) is 37.4 Å². The second-order valence-electron chi connectivity index (χ2n) is 6.69. The minimum Gasteiger partial charge on any atom is -0.398 e. The van der Waals surface area contributed by atoms with E-state index in [-0.39, 0.29) is 0 Å². The summed E-state index contributed by atoms with van der Waals surface area (Å²) in [4.78, 5) is 14.6. The first-order chi connectivity index (χ1) is 12.5. The molecule has 0 bridgehead atoms. The molecular formula is C20H24N4O2. The van der Waals surface area contributed by atoms with Crippen LogP contribution in [0.25, 0.3) is 0 Å². The van der Waals surface area contributed by atoms with E-state index in [4.69, 9.17) is 5.73 Å². The molecule has 1 amide bonds. The molecule has 2 aromatic rings. The number of aliphatic hydroxyl groups is 1. The van der Waals surface area contributed by atoms with Crippen LogP contribution in [0.1, 0.15) is 28.8 Å². The van der Waals surface area contributed by atoms with Crippen molar-refractivity contribution in [3.63, 3.8) is 0 Å². The molecule has 0 aromatic heterocycles. The molecule has 1 saturated heterocycles. The van der Waals surface area contributed by atoms with Gasteiger partial charge >= 0.3 is 0 Å². The Hall–Kier alpha value is -2.70. The molecule has 6 heteroatoms. The molecule has 0 unspecified atom stereocenters. The van der Waals surface area contributed by atoms with E-state index >= 15 is 0 Å². The molecule has 26 heavy (non-hydrogen) atoms. The lowest BCUT2D eigenvalue weighted by Crippen LogP contribution is -2.49. The Morgan fingerprint density at radius 2 is 1.73 bits per heavy atom. The summed E-state index contributed by atoms with van der Waals surface area (Å²) in [7, 11) is 2.03. The van der Waals surface area contributed by atoms with Gasteiger partial charge in [-0.25, -0.2) is 5.43 Å².